The molecule has 0 radical (unpaired) electrons. The second-order valence-electron chi connectivity index (χ2n) is 7.49. The Bertz CT molecular complexity index is 959. The molecular weight excluding hydrogens is 551 g/mol. The van der Waals surface area contributed by atoms with Crippen molar-refractivity contribution in [2.45, 2.75) is 60.7 Å². The Labute approximate surface area is 190 Å². The van der Waals surface area contributed by atoms with Gasteiger partial charge in [-0.3, -0.25) is 10.1 Å². The van der Waals surface area contributed by atoms with Gasteiger partial charge in [-0.2, -0.15) is 65.9 Å². The van der Waals surface area contributed by atoms with Crippen molar-refractivity contribution in [2.24, 2.45) is 0 Å². The molecule has 0 heterocycles. The van der Waals surface area contributed by atoms with E-state index in [1.54, 1.807) is 0 Å². The zero-order valence-electron chi connectivity index (χ0n) is 17.4. The smallest absolute Gasteiger partial charge is 0.374 e. The van der Waals surface area contributed by atoms with Crippen LogP contribution in [-0.4, -0.2) is 53.7 Å². The largest absolute Gasteiger partial charge is 0.460 e. The molecular formula is C17H12F15NO3. The van der Waals surface area contributed by atoms with E-state index in [4.69, 9.17) is 0 Å². The van der Waals surface area contributed by atoms with Gasteiger partial charge in [0.15, 0.2) is 0 Å². The van der Waals surface area contributed by atoms with Crippen LogP contribution in [0.3, 0.4) is 0 Å². The van der Waals surface area contributed by atoms with E-state index in [0.717, 1.165) is 0 Å². The summed E-state index contributed by atoms with van der Waals surface area (Å²) >= 11 is 0. The van der Waals surface area contributed by atoms with E-state index in [1.165, 1.54) is 0 Å². The van der Waals surface area contributed by atoms with Crippen LogP contribution in [0.2, 0.25) is 0 Å². The van der Waals surface area contributed by atoms with E-state index >= 15 is 0 Å². The number of alkyl halides is 15. The SMILES string of the molecule is COC(C)(CC(F)(F)C(F)(F)C(F)(F)C(F)(F)C(F)(F)C(F)(F)C(F)(F)F)c1ccc([N+](=O)[O-])cc1. The molecule has 0 aliphatic heterocycles. The first-order valence-corrected chi connectivity index (χ1v) is 8.81. The van der Waals surface area contributed by atoms with Crippen LogP contribution in [0.25, 0.3) is 0 Å². The number of nitrogens with zero attached hydrogens (tertiary/aromatic N) is 1. The molecule has 1 atom stereocenters. The van der Waals surface area contributed by atoms with Crippen LogP contribution in [0.1, 0.15) is 18.9 Å². The molecule has 0 aromatic heterocycles. The lowest BCUT2D eigenvalue weighted by Gasteiger charge is -2.43. The highest BCUT2D eigenvalue weighted by Gasteiger charge is 2.93. The number of nitro groups is 1. The first-order valence-electron chi connectivity index (χ1n) is 8.81. The number of benzene rings is 1. The third-order valence-corrected chi connectivity index (χ3v) is 5.09. The number of non-ortho nitro benzene ring substituents is 1. The fourth-order valence-electron chi connectivity index (χ4n) is 2.76. The van der Waals surface area contributed by atoms with Crippen molar-refractivity contribution in [1.82, 2.24) is 0 Å². The lowest BCUT2D eigenvalue weighted by molar-refractivity contribution is -0.453. The highest BCUT2D eigenvalue weighted by atomic mass is 19.4. The molecule has 4 nitrogen and oxygen atoms in total. The normalized spacial score (nSPS) is 16.6. The lowest BCUT2D eigenvalue weighted by atomic mass is 9.83. The molecule has 1 unspecified atom stereocenters. The van der Waals surface area contributed by atoms with Crippen molar-refractivity contribution in [1.29, 1.82) is 0 Å². The number of nitro benzene ring substituents is 1. The van der Waals surface area contributed by atoms with Gasteiger partial charge in [0.05, 0.1) is 16.9 Å². The first kappa shape index (κ1) is 31.6. The second kappa shape index (κ2) is 8.83. The van der Waals surface area contributed by atoms with Gasteiger partial charge in [0, 0.05) is 19.2 Å². The first-order chi connectivity index (χ1) is 15.7. The van der Waals surface area contributed by atoms with Gasteiger partial charge in [0.25, 0.3) is 5.69 Å². The molecule has 208 valence electrons. The van der Waals surface area contributed by atoms with Crippen LogP contribution >= 0.6 is 0 Å². The van der Waals surface area contributed by atoms with Gasteiger partial charge in [-0.25, -0.2) is 0 Å². The minimum atomic E-state index is -8.39. The summed E-state index contributed by atoms with van der Waals surface area (Å²) in [6, 6.07) is 2.35. The third-order valence-electron chi connectivity index (χ3n) is 5.09. The monoisotopic (exact) mass is 563 g/mol. The molecule has 36 heavy (non-hydrogen) atoms. The number of hydrogen-bond donors (Lipinski definition) is 0. The molecule has 0 N–H and O–H groups in total. The predicted molar refractivity (Wildman–Crippen MR) is 87.8 cm³/mol. The summed E-state index contributed by atoms with van der Waals surface area (Å²) in [5.74, 6) is -47.2. The molecule has 0 saturated carbocycles. The van der Waals surface area contributed by atoms with Crippen molar-refractivity contribution in [3.63, 3.8) is 0 Å². The Morgan fingerprint density at radius 2 is 1.06 bits per heavy atom. The molecule has 0 aliphatic carbocycles. The average Bonchev–Trinajstić information content (AvgIpc) is 2.71. The van der Waals surface area contributed by atoms with Crippen molar-refractivity contribution >= 4 is 5.69 Å². The van der Waals surface area contributed by atoms with Gasteiger partial charge >= 0.3 is 41.7 Å². The molecule has 0 aliphatic rings. The molecule has 1 aromatic carbocycles. The summed E-state index contributed by atoms with van der Waals surface area (Å²) in [4.78, 5) is 9.61. The zero-order valence-corrected chi connectivity index (χ0v) is 17.4. The Morgan fingerprint density at radius 3 is 1.39 bits per heavy atom. The van der Waals surface area contributed by atoms with Gasteiger partial charge in [-0.1, -0.05) is 0 Å². The maximum absolute atomic E-state index is 14.3. The van der Waals surface area contributed by atoms with Crippen molar-refractivity contribution in [3.8, 4) is 0 Å². The highest BCUT2D eigenvalue weighted by Crippen LogP contribution is 2.63. The van der Waals surface area contributed by atoms with E-state index < -0.39 is 69.9 Å². The van der Waals surface area contributed by atoms with Gasteiger partial charge in [-0.05, 0) is 24.6 Å². The molecule has 0 amide bonds. The van der Waals surface area contributed by atoms with Crippen LogP contribution in [0.5, 0.6) is 0 Å². The van der Waals surface area contributed by atoms with Gasteiger partial charge in [-0.15, -0.1) is 0 Å². The standard InChI is InChI=1S/C17H12F15NO3/c1-10(36-2,8-3-5-9(6-4-8)33(34)35)7-11(18,19)12(20,21)13(22,23)14(24,25)15(26,27)16(28,29)17(30,31)32/h3-6H,7H2,1-2H3. The quantitative estimate of drug-likeness (QED) is 0.172. The zero-order chi connectivity index (χ0) is 29.0. The summed E-state index contributed by atoms with van der Waals surface area (Å²) < 4.78 is 205. The molecule has 1 aromatic rings. The topological polar surface area (TPSA) is 52.4 Å². The van der Waals surface area contributed by atoms with E-state index in [0.29, 0.717) is 38.3 Å². The summed E-state index contributed by atoms with van der Waals surface area (Å²) in [5.41, 5.74) is -4.30. The number of hydrogen-bond acceptors (Lipinski definition) is 3. The second-order valence-corrected chi connectivity index (χ2v) is 7.49. The maximum atomic E-state index is 14.3. The van der Waals surface area contributed by atoms with Gasteiger partial charge in [0.2, 0.25) is 0 Å². The lowest BCUT2D eigenvalue weighted by Crippen LogP contribution is -2.72. The summed E-state index contributed by atoms with van der Waals surface area (Å²) in [6.07, 6.45) is -10.5. The van der Waals surface area contributed by atoms with Gasteiger partial charge < -0.3 is 4.74 Å². The minimum absolute atomic E-state index is 0.445. The Hall–Kier alpha value is -2.47. The molecule has 0 fully saturated rings. The molecule has 19 heteroatoms. The van der Waals surface area contributed by atoms with Gasteiger partial charge in [0.1, 0.15) is 0 Å². The molecule has 0 saturated heterocycles. The number of methoxy groups -OCH3 is 1. The Kier molecular flexibility index (Phi) is 7.74. The summed E-state index contributed by atoms with van der Waals surface area (Å²) in [6.45, 7) is 0.445. The Morgan fingerprint density at radius 1 is 0.694 bits per heavy atom. The number of ether oxygens (including phenoxy) is 1. The summed E-state index contributed by atoms with van der Waals surface area (Å²) in [7, 11) is 0.487. The third kappa shape index (κ3) is 4.53. The minimum Gasteiger partial charge on any atom is -0.374 e. The molecule has 0 bridgehead atoms. The van der Waals surface area contributed by atoms with Crippen molar-refractivity contribution < 1.29 is 75.5 Å². The van der Waals surface area contributed by atoms with Crippen LogP contribution < -0.4 is 0 Å². The maximum Gasteiger partial charge on any atom is 0.460 e. The van der Waals surface area contributed by atoms with Crippen LogP contribution in [0, 0.1) is 10.1 Å². The molecule has 1 rings (SSSR count). The fourth-order valence-corrected chi connectivity index (χ4v) is 2.76. The highest BCUT2D eigenvalue weighted by molar-refractivity contribution is 5.35. The van der Waals surface area contributed by atoms with E-state index in [2.05, 4.69) is 4.74 Å². The van der Waals surface area contributed by atoms with Crippen LogP contribution in [0.4, 0.5) is 71.5 Å². The van der Waals surface area contributed by atoms with E-state index in [9.17, 15) is 76.0 Å². The molecule has 0 spiro atoms. The fraction of sp³-hybridized carbons (Fsp3) is 0.647. The van der Waals surface area contributed by atoms with Crippen molar-refractivity contribution in [3.05, 3.63) is 39.9 Å². The van der Waals surface area contributed by atoms with E-state index in [-0.39, 0.29) is 0 Å². The van der Waals surface area contributed by atoms with Crippen LogP contribution in [0.15, 0.2) is 24.3 Å². The predicted octanol–water partition coefficient (Wildman–Crippen LogP) is 7.22. The Balaban J connectivity index is 3.58. The summed E-state index contributed by atoms with van der Waals surface area (Å²) in [5, 5.41) is 10.6. The average molecular weight is 563 g/mol. The number of halogens is 15. The van der Waals surface area contributed by atoms with Crippen LogP contribution in [-0.2, 0) is 10.3 Å². The van der Waals surface area contributed by atoms with E-state index in [1.807, 2.05) is 0 Å². The van der Waals surface area contributed by atoms with Crippen molar-refractivity contribution in [2.75, 3.05) is 7.11 Å². The number of rotatable bonds is 10.